The van der Waals surface area contributed by atoms with Crippen LogP contribution in [-0.4, -0.2) is 18.1 Å². The van der Waals surface area contributed by atoms with Crippen LogP contribution in [0.1, 0.15) is 16.1 Å². The van der Waals surface area contributed by atoms with E-state index in [1.807, 2.05) is 31.2 Å². The number of carbonyl (C=O) groups excluding carboxylic acids is 1. The number of nitrogens with zero attached hydrogens (tertiary/aromatic N) is 1. The van der Waals surface area contributed by atoms with Crippen LogP contribution in [0, 0.1) is 6.92 Å². The van der Waals surface area contributed by atoms with Crippen molar-refractivity contribution in [1.82, 2.24) is 4.98 Å². The number of benzene rings is 1. The predicted molar refractivity (Wildman–Crippen MR) is 68.0 cm³/mol. The number of hydrogen-bond acceptors (Lipinski definition) is 5. The summed E-state index contributed by atoms with van der Waals surface area (Å²) in [7, 11) is 1.33. The summed E-state index contributed by atoms with van der Waals surface area (Å²) in [6.45, 7) is 1.99. The van der Waals surface area contributed by atoms with Gasteiger partial charge in [-0.05, 0) is 12.5 Å². The van der Waals surface area contributed by atoms with Gasteiger partial charge in [-0.25, -0.2) is 9.78 Å². The molecule has 0 atom stereocenters. The molecule has 2 rings (SSSR count). The number of aryl methyl sites for hydroxylation is 1. The number of rotatable bonds is 2. The molecule has 0 aliphatic carbocycles. The van der Waals surface area contributed by atoms with Crippen molar-refractivity contribution < 1.29 is 9.53 Å². The summed E-state index contributed by atoms with van der Waals surface area (Å²) in [5.74, 6) is -0.463. The fraction of sp³-hybridized carbons (Fsp3) is 0.167. The molecule has 0 amide bonds. The average Bonchev–Trinajstić information content (AvgIpc) is 2.70. The smallest absolute Gasteiger partial charge is 0.358 e. The highest BCUT2D eigenvalue weighted by atomic mass is 32.1. The molecule has 4 nitrogen and oxygen atoms in total. The molecule has 1 aromatic carbocycles. The lowest BCUT2D eigenvalue weighted by molar-refractivity contribution is 0.0596. The van der Waals surface area contributed by atoms with Crippen LogP contribution in [0.3, 0.4) is 0 Å². The first-order valence-corrected chi connectivity index (χ1v) is 5.85. The van der Waals surface area contributed by atoms with E-state index in [2.05, 4.69) is 4.98 Å². The minimum atomic E-state index is -0.463. The normalized spacial score (nSPS) is 10.2. The Morgan fingerprint density at radius 3 is 2.88 bits per heavy atom. The molecule has 0 unspecified atom stereocenters. The molecule has 0 saturated heterocycles. The van der Waals surface area contributed by atoms with E-state index in [1.165, 1.54) is 18.4 Å². The van der Waals surface area contributed by atoms with E-state index in [0.29, 0.717) is 5.13 Å². The highest BCUT2D eigenvalue weighted by Crippen LogP contribution is 2.32. The lowest BCUT2D eigenvalue weighted by Crippen LogP contribution is -2.03. The van der Waals surface area contributed by atoms with Crippen molar-refractivity contribution in [1.29, 1.82) is 0 Å². The molecule has 0 fully saturated rings. The Labute approximate surface area is 103 Å². The molecule has 0 saturated carbocycles. The fourth-order valence-electron chi connectivity index (χ4n) is 1.55. The second-order valence-corrected chi connectivity index (χ2v) is 4.62. The molecule has 2 N–H and O–H groups in total. The van der Waals surface area contributed by atoms with E-state index in [0.717, 1.165) is 16.0 Å². The van der Waals surface area contributed by atoms with Crippen molar-refractivity contribution in [2.45, 2.75) is 6.92 Å². The zero-order valence-electron chi connectivity index (χ0n) is 9.56. The Hall–Kier alpha value is -1.88. The average molecular weight is 248 g/mol. The number of methoxy groups -OCH3 is 1. The number of anilines is 1. The lowest BCUT2D eigenvalue weighted by Gasteiger charge is -2.01. The number of hydrogen-bond donors (Lipinski definition) is 1. The molecule has 88 valence electrons. The standard InChI is InChI=1S/C12H12N2O2S/c1-7-4-3-5-8(6-7)10-9(11(15)16-2)14-12(13)17-10/h3-6H,1-2H3,(H2,13,14). The Balaban J connectivity index is 2.55. The maximum atomic E-state index is 11.6. The number of nitrogen functional groups attached to an aromatic ring is 1. The van der Waals surface area contributed by atoms with E-state index in [1.54, 1.807) is 0 Å². The van der Waals surface area contributed by atoms with Gasteiger partial charge in [-0.2, -0.15) is 0 Å². The second kappa shape index (κ2) is 4.55. The zero-order chi connectivity index (χ0) is 12.4. The summed E-state index contributed by atoms with van der Waals surface area (Å²) >= 11 is 1.29. The van der Waals surface area contributed by atoms with E-state index in [-0.39, 0.29) is 5.69 Å². The summed E-state index contributed by atoms with van der Waals surface area (Å²) in [6.07, 6.45) is 0. The van der Waals surface area contributed by atoms with Gasteiger partial charge in [0.05, 0.1) is 12.0 Å². The Kier molecular flexibility index (Phi) is 3.10. The van der Waals surface area contributed by atoms with Gasteiger partial charge in [0.25, 0.3) is 0 Å². The summed E-state index contributed by atoms with van der Waals surface area (Å²) in [4.78, 5) is 16.3. The number of ether oxygens (including phenoxy) is 1. The zero-order valence-corrected chi connectivity index (χ0v) is 10.4. The third-order valence-electron chi connectivity index (χ3n) is 2.30. The molecule has 1 heterocycles. The van der Waals surface area contributed by atoms with Crippen molar-refractivity contribution in [3.8, 4) is 10.4 Å². The first-order valence-electron chi connectivity index (χ1n) is 5.03. The molecular weight excluding hydrogens is 236 g/mol. The molecule has 0 radical (unpaired) electrons. The lowest BCUT2D eigenvalue weighted by atomic mass is 10.1. The van der Waals surface area contributed by atoms with E-state index < -0.39 is 5.97 Å². The van der Waals surface area contributed by atoms with E-state index in [4.69, 9.17) is 10.5 Å². The van der Waals surface area contributed by atoms with Crippen molar-refractivity contribution in [3.05, 3.63) is 35.5 Å². The quantitative estimate of drug-likeness (QED) is 0.829. The van der Waals surface area contributed by atoms with Crippen molar-refractivity contribution in [2.75, 3.05) is 12.8 Å². The van der Waals surface area contributed by atoms with Gasteiger partial charge in [0, 0.05) is 0 Å². The largest absolute Gasteiger partial charge is 0.464 e. The molecule has 2 aromatic rings. The van der Waals surface area contributed by atoms with Crippen LogP contribution in [0.2, 0.25) is 0 Å². The number of aromatic nitrogens is 1. The molecule has 0 aliphatic rings. The first kappa shape index (κ1) is 11.6. The highest BCUT2D eigenvalue weighted by Gasteiger charge is 2.19. The minimum absolute atomic E-state index is 0.278. The number of thiazole rings is 1. The van der Waals surface area contributed by atoms with Gasteiger partial charge < -0.3 is 10.5 Å². The van der Waals surface area contributed by atoms with Crippen molar-refractivity contribution in [3.63, 3.8) is 0 Å². The van der Waals surface area contributed by atoms with E-state index in [9.17, 15) is 4.79 Å². The molecule has 0 bridgehead atoms. The Morgan fingerprint density at radius 1 is 1.47 bits per heavy atom. The van der Waals surface area contributed by atoms with Crippen LogP contribution in [0.25, 0.3) is 10.4 Å². The van der Waals surface area contributed by atoms with Crippen LogP contribution < -0.4 is 5.73 Å². The molecule has 0 aliphatic heterocycles. The topological polar surface area (TPSA) is 65.2 Å². The molecule has 1 aromatic heterocycles. The number of carbonyl (C=O) groups is 1. The van der Waals surface area contributed by atoms with Crippen molar-refractivity contribution >= 4 is 22.4 Å². The monoisotopic (exact) mass is 248 g/mol. The summed E-state index contributed by atoms with van der Waals surface area (Å²) in [5, 5.41) is 0.363. The van der Waals surface area contributed by atoms with Gasteiger partial charge in [-0.1, -0.05) is 41.2 Å². The predicted octanol–water partition coefficient (Wildman–Crippen LogP) is 2.49. The number of esters is 1. The highest BCUT2D eigenvalue weighted by molar-refractivity contribution is 7.19. The van der Waals surface area contributed by atoms with Gasteiger partial charge in [0.15, 0.2) is 10.8 Å². The molecule has 5 heteroatoms. The molecule has 17 heavy (non-hydrogen) atoms. The maximum Gasteiger partial charge on any atom is 0.358 e. The SMILES string of the molecule is COC(=O)c1nc(N)sc1-c1cccc(C)c1. The van der Waals surface area contributed by atoms with Crippen molar-refractivity contribution in [2.24, 2.45) is 0 Å². The third-order valence-corrected chi connectivity index (χ3v) is 3.24. The van der Waals surface area contributed by atoms with Crippen LogP contribution in [0.15, 0.2) is 24.3 Å². The minimum Gasteiger partial charge on any atom is -0.464 e. The van der Waals surface area contributed by atoms with Gasteiger partial charge in [-0.3, -0.25) is 0 Å². The number of nitrogens with two attached hydrogens (primary N) is 1. The van der Waals surface area contributed by atoms with Gasteiger partial charge in [-0.15, -0.1) is 0 Å². The van der Waals surface area contributed by atoms with Gasteiger partial charge in [0.1, 0.15) is 0 Å². The van der Waals surface area contributed by atoms with Crippen LogP contribution in [-0.2, 0) is 4.74 Å². The van der Waals surface area contributed by atoms with Crippen LogP contribution in [0.5, 0.6) is 0 Å². The summed E-state index contributed by atoms with van der Waals surface area (Å²) in [6, 6.07) is 7.83. The van der Waals surface area contributed by atoms with E-state index >= 15 is 0 Å². The first-order chi connectivity index (χ1) is 8.11. The van der Waals surface area contributed by atoms with Crippen LogP contribution >= 0.6 is 11.3 Å². The Morgan fingerprint density at radius 2 is 2.24 bits per heavy atom. The third kappa shape index (κ3) is 2.29. The summed E-state index contributed by atoms with van der Waals surface area (Å²) in [5.41, 5.74) is 7.97. The maximum absolute atomic E-state index is 11.6. The fourth-order valence-corrected chi connectivity index (χ4v) is 2.37. The van der Waals surface area contributed by atoms with Crippen LogP contribution in [0.4, 0.5) is 5.13 Å². The molecule has 0 spiro atoms. The second-order valence-electron chi connectivity index (χ2n) is 3.59. The summed E-state index contributed by atoms with van der Waals surface area (Å²) < 4.78 is 4.69. The molecular formula is C12H12N2O2S. The Bertz CT molecular complexity index is 563. The van der Waals surface area contributed by atoms with Gasteiger partial charge in [0.2, 0.25) is 0 Å². The van der Waals surface area contributed by atoms with Gasteiger partial charge >= 0.3 is 5.97 Å².